The van der Waals surface area contributed by atoms with Crippen LogP contribution < -0.4 is 4.74 Å². The van der Waals surface area contributed by atoms with Crippen molar-refractivity contribution in [3.05, 3.63) is 103 Å². The quantitative estimate of drug-likeness (QED) is 0.254. The molecule has 0 radical (unpaired) electrons. The molecule has 0 aliphatic rings. The summed E-state index contributed by atoms with van der Waals surface area (Å²) >= 11 is 0. The second kappa shape index (κ2) is 9.44. The summed E-state index contributed by atoms with van der Waals surface area (Å²) in [5.74, 6) is 1.50. The molecular formula is C33H33N3O. The van der Waals surface area contributed by atoms with Crippen LogP contribution in [0.15, 0.2) is 91.4 Å². The molecule has 0 atom stereocenters. The first-order chi connectivity index (χ1) is 17.6. The molecule has 186 valence electrons. The van der Waals surface area contributed by atoms with E-state index in [1.165, 1.54) is 11.1 Å². The largest absolute Gasteiger partial charge is 0.457 e. The lowest BCUT2D eigenvalue weighted by Crippen LogP contribution is -2.11. The van der Waals surface area contributed by atoms with Crippen LogP contribution in [0.5, 0.6) is 11.5 Å². The Bertz CT molecular complexity index is 1580. The fourth-order valence-corrected chi connectivity index (χ4v) is 4.37. The number of ether oxygens (including phenoxy) is 1. The van der Waals surface area contributed by atoms with E-state index in [0.29, 0.717) is 0 Å². The monoisotopic (exact) mass is 487 g/mol. The third-order valence-electron chi connectivity index (χ3n) is 6.57. The Hall–Kier alpha value is -4.05. The van der Waals surface area contributed by atoms with Crippen molar-refractivity contribution in [2.45, 2.75) is 52.4 Å². The number of pyridine rings is 3. The molecule has 37 heavy (non-hydrogen) atoms. The van der Waals surface area contributed by atoms with E-state index in [4.69, 9.17) is 9.72 Å². The van der Waals surface area contributed by atoms with Gasteiger partial charge in [0.25, 0.3) is 0 Å². The van der Waals surface area contributed by atoms with Crippen LogP contribution in [-0.4, -0.2) is 15.0 Å². The van der Waals surface area contributed by atoms with Crippen LogP contribution in [0.1, 0.15) is 52.7 Å². The van der Waals surface area contributed by atoms with Crippen molar-refractivity contribution >= 4 is 10.9 Å². The smallest absolute Gasteiger partial charge is 0.128 e. The Morgan fingerprint density at radius 3 is 1.95 bits per heavy atom. The molecule has 0 aliphatic carbocycles. The van der Waals surface area contributed by atoms with Gasteiger partial charge in [-0.2, -0.15) is 0 Å². The Labute approximate surface area is 219 Å². The molecule has 5 rings (SSSR count). The van der Waals surface area contributed by atoms with Gasteiger partial charge in [-0.05, 0) is 76.6 Å². The van der Waals surface area contributed by atoms with Gasteiger partial charge < -0.3 is 4.74 Å². The number of nitrogens with zero attached hydrogens (tertiary/aromatic N) is 3. The van der Waals surface area contributed by atoms with Crippen molar-refractivity contribution in [2.24, 2.45) is 0 Å². The van der Waals surface area contributed by atoms with Crippen LogP contribution >= 0.6 is 0 Å². The van der Waals surface area contributed by atoms with Gasteiger partial charge in [-0.1, -0.05) is 59.7 Å². The molecule has 3 aromatic heterocycles. The lowest BCUT2D eigenvalue weighted by Gasteiger charge is -2.20. The van der Waals surface area contributed by atoms with E-state index in [1.807, 2.05) is 55.0 Å². The van der Waals surface area contributed by atoms with E-state index in [-0.39, 0.29) is 10.8 Å². The van der Waals surface area contributed by atoms with E-state index in [9.17, 15) is 0 Å². The topological polar surface area (TPSA) is 47.9 Å². The Balaban J connectivity index is 1.54. The molecule has 5 aromatic rings. The molecule has 0 aliphatic heterocycles. The minimum absolute atomic E-state index is 0.0216. The van der Waals surface area contributed by atoms with Crippen LogP contribution in [0.4, 0.5) is 0 Å². The highest BCUT2D eigenvalue weighted by atomic mass is 16.5. The van der Waals surface area contributed by atoms with Gasteiger partial charge in [-0.15, -0.1) is 0 Å². The SMILES string of the molecule is CC(C)(C)c1ccnc(-c2cccc(Oc3cc(-c4cc(C(C)(C)C)ccn4)c4ncccc4c3)c2)c1. The van der Waals surface area contributed by atoms with E-state index < -0.39 is 0 Å². The second-order valence-corrected chi connectivity index (χ2v) is 11.5. The van der Waals surface area contributed by atoms with Gasteiger partial charge in [0.05, 0.1) is 16.9 Å². The molecule has 0 bridgehead atoms. The van der Waals surface area contributed by atoms with Crippen molar-refractivity contribution < 1.29 is 4.74 Å². The lowest BCUT2D eigenvalue weighted by atomic mass is 9.87. The zero-order valence-electron chi connectivity index (χ0n) is 22.4. The van der Waals surface area contributed by atoms with E-state index in [2.05, 4.69) is 87.9 Å². The first kappa shape index (κ1) is 24.6. The van der Waals surface area contributed by atoms with E-state index in [1.54, 1.807) is 0 Å². The fraction of sp³-hybridized carbons (Fsp3) is 0.242. The summed E-state index contributed by atoms with van der Waals surface area (Å²) < 4.78 is 6.42. The van der Waals surface area contributed by atoms with Crippen molar-refractivity contribution in [3.63, 3.8) is 0 Å². The number of rotatable bonds is 4. The summed E-state index contributed by atoms with van der Waals surface area (Å²) in [4.78, 5) is 14.0. The summed E-state index contributed by atoms with van der Waals surface area (Å²) in [7, 11) is 0. The van der Waals surface area contributed by atoms with Crippen LogP contribution in [0.2, 0.25) is 0 Å². The van der Waals surface area contributed by atoms with Crippen LogP contribution in [0, 0.1) is 0 Å². The predicted octanol–water partition coefficient (Wildman–Crippen LogP) is 8.75. The van der Waals surface area contributed by atoms with Crippen LogP contribution in [-0.2, 0) is 10.8 Å². The summed E-state index contributed by atoms with van der Waals surface area (Å²) in [6.07, 6.45) is 5.58. The molecule has 0 saturated heterocycles. The minimum atomic E-state index is 0.0216. The Kier molecular flexibility index (Phi) is 6.28. The highest BCUT2D eigenvalue weighted by Gasteiger charge is 2.17. The maximum atomic E-state index is 6.42. The molecule has 0 N–H and O–H groups in total. The van der Waals surface area contributed by atoms with Gasteiger partial charge in [0.2, 0.25) is 0 Å². The van der Waals surface area contributed by atoms with E-state index >= 15 is 0 Å². The molecular weight excluding hydrogens is 454 g/mol. The third-order valence-corrected chi connectivity index (χ3v) is 6.57. The first-order valence-electron chi connectivity index (χ1n) is 12.7. The van der Waals surface area contributed by atoms with Gasteiger partial charge >= 0.3 is 0 Å². The number of fused-ring (bicyclic) bond motifs is 1. The molecule has 0 fully saturated rings. The average molecular weight is 488 g/mol. The van der Waals surface area contributed by atoms with Crippen molar-refractivity contribution in [3.8, 4) is 34.0 Å². The zero-order valence-corrected chi connectivity index (χ0v) is 22.4. The summed E-state index contributed by atoms with van der Waals surface area (Å²) in [5.41, 5.74) is 7.26. The molecule has 0 amide bonds. The highest BCUT2D eigenvalue weighted by Crippen LogP contribution is 2.35. The van der Waals surface area contributed by atoms with Crippen molar-refractivity contribution in [1.29, 1.82) is 0 Å². The molecule has 0 saturated carbocycles. The first-order valence-corrected chi connectivity index (χ1v) is 12.7. The van der Waals surface area contributed by atoms with E-state index in [0.717, 1.165) is 44.9 Å². The molecule has 4 heteroatoms. The predicted molar refractivity (Wildman–Crippen MR) is 152 cm³/mol. The van der Waals surface area contributed by atoms with Gasteiger partial charge in [-0.3, -0.25) is 15.0 Å². The van der Waals surface area contributed by atoms with Crippen molar-refractivity contribution in [1.82, 2.24) is 15.0 Å². The van der Waals surface area contributed by atoms with Gasteiger partial charge in [-0.25, -0.2) is 0 Å². The number of benzene rings is 2. The molecule has 4 nitrogen and oxygen atoms in total. The Morgan fingerprint density at radius 1 is 0.568 bits per heavy atom. The summed E-state index contributed by atoms with van der Waals surface area (Å²) in [6, 6.07) is 24.6. The van der Waals surface area contributed by atoms with Gasteiger partial charge in [0, 0.05) is 35.1 Å². The normalized spacial score (nSPS) is 12.1. The molecule has 0 unspecified atom stereocenters. The second-order valence-electron chi connectivity index (χ2n) is 11.5. The Morgan fingerprint density at radius 2 is 1.24 bits per heavy atom. The average Bonchev–Trinajstić information content (AvgIpc) is 2.87. The van der Waals surface area contributed by atoms with Gasteiger partial charge in [0.1, 0.15) is 11.5 Å². The fourth-order valence-electron chi connectivity index (χ4n) is 4.37. The number of hydrogen-bond acceptors (Lipinski definition) is 4. The number of aromatic nitrogens is 3. The standard InChI is InChI=1S/C33H33N3O/c1-32(2,3)24-12-15-34-29(19-24)22-9-7-11-26(17-22)37-27-18-23-10-8-14-36-31(23)28(21-27)30-20-25(13-16-35-30)33(4,5)6/h7-21H,1-6H3. The maximum absolute atomic E-state index is 6.42. The molecule has 3 heterocycles. The molecule has 0 spiro atoms. The van der Waals surface area contributed by atoms with Crippen molar-refractivity contribution in [2.75, 3.05) is 0 Å². The third kappa shape index (κ3) is 5.39. The van der Waals surface area contributed by atoms with Gasteiger partial charge in [0.15, 0.2) is 0 Å². The highest BCUT2D eigenvalue weighted by molar-refractivity contribution is 5.94. The number of hydrogen-bond donors (Lipinski definition) is 0. The summed E-state index contributed by atoms with van der Waals surface area (Å²) in [6.45, 7) is 13.3. The van der Waals surface area contributed by atoms with Crippen LogP contribution in [0.3, 0.4) is 0 Å². The zero-order chi connectivity index (χ0) is 26.2. The summed E-state index contributed by atoms with van der Waals surface area (Å²) in [5, 5.41) is 1.01. The maximum Gasteiger partial charge on any atom is 0.128 e. The lowest BCUT2D eigenvalue weighted by molar-refractivity contribution is 0.484. The minimum Gasteiger partial charge on any atom is -0.457 e. The molecule has 2 aromatic carbocycles. The van der Waals surface area contributed by atoms with Crippen LogP contribution in [0.25, 0.3) is 33.4 Å².